The van der Waals surface area contributed by atoms with Crippen molar-refractivity contribution < 1.29 is 4.79 Å². The van der Waals surface area contributed by atoms with Crippen LogP contribution in [0.4, 0.5) is 0 Å². The number of aromatic amines is 1. The lowest BCUT2D eigenvalue weighted by Gasteiger charge is -2.34. The van der Waals surface area contributed by atoms with E-state index in [0.717, 1.165) is 36.2 Å². The fourth-order valence-corrected chi connectivity index (χ4v) is 4.26. The number of carbonyl (C=O) groups excluding carboxylic acids is 1. The summed E-state index contributed by atoms with van der Waals surface area (Å²) in [7, 11) is 0. The van der Waals surface area contributed by atoms with Gasteiger partial charge in [0, 0.05) is 29.2 Å². The fourth-order valence-electron chi connectivity index (χ4n) is 3.73. The van der Waals surface area contributed by atoms with E-state index in [9.17, 15) is 9.59 Å². The molecule has 26 heavy (non-hydrogen) atoms. The van der Waals surface area contributed by atoms with Crippen LogP contribution in [0.3, 0.4) is 0 Å². The van der Waals surface area contributed by atoms with Crippen LogP contribution in [0.15, 0.2) is 21.8 Å². The Balaban J connectivity index is 1.76. The van der Waals surface area contributed by atoms with Crippen LogP contribution in [0.2, 0.25) is 0 Å². The molecule has 0 radical (unpaired) electrons. The van der Waals surface area contributed by atoms with Crippen LogP contribution < -0.4 is 5.56 Å². The van der Waals surface area contributed by atoms with Gasteiger partial charge in [-0.1, -0.05) is 6.92 Å². The number of thiazole rings is 1. The van der Waals surface area contributed by atoms with Crippen molar-refractivity contribution in [2.75, 3.05) is 6.54 Å². The Hall–Kier alpha value is -2.48. The number of nitrogens with zero attached hydrogens (tertiary/aromatic N) is 4. The normalized spacial score (nSPS) is 17.8. The largest absolute Gasteiger partial charge is 0.329 e. The smallest absolute Gasteiger partial charge is 0.276 e. The number of fused-ring (bicyclic) bond motifs is 1. The van der Waals surface area contributed by atoms with Gasteiger partial charge < -0.3 is 4.90 Å². The van der Waals surface area contributed by atoms with Gasteiger partial charge in [-0.15, -0.1) is 11.3 Å². The van der Waals surface area contributed by atoms with Gasteiger partial charge in [-0.25, -0.2) is 14.5 Å². The second-order valence-electron chi connectivity index (χ2n) is 6.62. The van der Waals surface area contributed by atoms with Crippen LogP contribution in [0.5, 0.6) is 0 Å². The Kier molecular flexibility index (Phi) is 4.36. The van der Waals surface area contributed by atoms with E-state index in [0.29, 0.717) is 24.3 Å². The maximum Gasteiger partial charge on any atom is 0.276 e. The molecule has 3 aromatic rings. The molecule has 1 atom stereocenters. The first kappa shape index (κ1) is 17.0. The molecule has 4 rings (SSSR count). The third-order valence-electron chi connectivity index (χ3n) is 5.06. The maximum atomic E-state index is 12.9. The highest BCUT2D eigenvalue weighted by Crippen LogP contribution is 2.31. The van der Waals surface area contributed by atoms with Crippen molar-refractivity contribution in [2.24, 2.45) is 0 Å². The van der Waals surface area contributed by atoms with E-state index in [1.807, 2.05) is 24.8 Å². The van der Waals surface area contributed by atoms with Gasteiger partial charge >= 0.3 is 0 Å². The first-order chi connectivity index (χ1) is 12.6. The van der Waals surface area contributed by atoms with Crippen LogP contribution in [0, 0.1) is 6.92 Å². The van der Waals surface area contributed by atoms with Crippen LogP contribution in [-0.2, 0) is 6.42 Å². The third-order valence-corrected chi connectivity index (χ3v) is 5.65. The topological polar surface area (TPSA) is 83.4 Å². The van der Waals surface area contributed by atoms with E-state index in [4.69, 9.17) is 0 Å². The highest BCUT2D eigenvalue weighted by Gasteiger charge is 2.31. The van der Waals surface area contributed by atoms with Gasteiger partial charge in [0.15, 0.2) is 5.65 Å². The third kappa shape index (κ3) is 2.74. The van der Waals surface area contributed by atoms with Crippen molar-refractivity contribution in [3.05, 3.63) is 50.0 Å². The van der Waals surface area contributed by atoms with Crippen molar-refractivity contribution in [2.45, 2.75) is 45.6 Å². The Morgan fingerprint density at radius 1 is 1.42 bits per heavy atom. The summed E-state index contributed by atoms with van der Waals surface area (Å²) in [6.45, 7) is 4.51. The van der Waals surface area contributed by atoms with E-state index in [-0.39, 0.29) is 17.5 Å². The predicted molar refractivity (Wildman–Crippen MR) is 99.7 cm³/mol. The quantitative estimate of drug-likeness (QED) is 0.767. The first-order valence-electron chi connectivity index (χ1n) is 8.90. The van der Waals surface area contributed by atoms with Crippen LogP contribution in [0.1, 0.15) is 59.7 Å². The summed E-state index contributed by atoms with van der Waals surface area (Å²) >= 11 is 1.42. The lowest BCUT2D eigenvalue weighted by Crippen LogP contribution is -2.39. The standard InChI is InChI=1S/C18H21N5O2S/c1-3-12-11(2)20-16-8-13(21-23(16)17(12)24)15-6-4-5-7-22(15)18(25)14-9-26-10-19-14/h8-10,15,21H,3-7H2,1-2H3. The molecule has 1 aliphatic rings. The zero-order valence-electron chi connectivity index (χ0n) is 14.9. The Bertz CT molecular complexity index is 1000. The molecule has 136 valence electrons. The minimum atomic E-state index is -0.0931. The molecule has 0 spiro atoms. The molecule has 1 fully saturated rings. The van der Waals surface area contributed by atoms with Crippen molar-refractivity contribution in [1.82, 2.24) is 24.5 Å². The van der Waals surface area contributed by atoms with Gasteiger partial charge in [0.25, 0.3) is 11.5 Å². The maximum absolute atomic E-state index is 12.9. The Labute approximate surface area is 154 Å². The number of nitrogens with one attached hydrogen (secondary N) is 1. The van der Waals surface area contributed by atoms with Crippen molar-refractivity contribution in [1.29, 1.82) is 0 Å². The van der Waals surface area contributed by atoms with E-state index in [2.05, 4.69) is 15.1 Å². The molecular weight excluding hydrogens is 350 g/mol. The summed E-state index contributed by atoms with van der Waals surface area (Å²) in [6, 6.07) is 1.80. The van der Waals surface area contributed by atoms with Gasteiger partial charge in [0.2, 0.25) is 0 Å². The van der Waals surface area contributed by atoms with Gasteiger partial charge in [0.1, 0.15) is 5.69 Å². The zero-order chi connectivity index (χ0) is 18.3. The summed E-state index contributed by atoms with van der Waals surface area (Å²) in [6.07, 6.45) is 3.52. The monoisotopic (exact) mass is 371 g/mol. The highest BCUT2D eigenvalue weighted by molar-refractivity contribution is 7.07. The molecular formula is C18H21N5O2S. The fraction of sp³-hybridized carbons (Fsp3) is 0.444. The first-order valence-corrected chi connectivity index (χ1v) is 9.84. The molecule has 0 saturated carbocycles. The molecule has 0 aliphatic carbocycles. The molecule has 1 N–H and O–H groups in total. The summed E-state index contributed by atoms with van der Waals surface area (Å²) in [5.41, 5.74) is 5.04. The molecule has 8 heteroatoms. The van der Waals surface area contributed by atoms with Crippen LogP contribution in [0.25, 0.3) is 5.65 Å². The average molecular weight is 371 g/mol. The van der Waals surface area contributed by atoms with Gasteiger partial charge in [0.05, 0.1) is 17.2 Å². The van der Waals surface area contributed by atoms with E-state index in [1.54, 1.807) is 10.9 Å². The van der Waals surface area contributed by atoms with E-state index in [1.165, 1.54) is 15.9 Å². The molecule has 1 aliphatic heterocycles. The SMILES string of the molecule is CCc1c(C)nc2cc(C3CCCCN3C(=O)c3cscn3)[nH]n2c1=O. The van der Waals surface area contributed by atoms with E-state index >= 15 is 0 Å². The number of hydrogen-bond acceptors (Lipinski definition) is 5. The van der Waals surface area contributed by atoms with Crippen LogP contribution >= 0.6 is 11.3 Å². The Morgan fingerprint density at radius 3 is 3.00 bits per heavy atom. The summed E-state index contributed by atoms with van der Waals surface area (Å²) < 4.78 is 1.50. The number of aromatic nitrogens is 4. The average Bonchev–Trinajstić information content (AvgIpc) is 3.31. The second-order valence-corrected chi connectivity index (χ2v) is 7.34. The molecule has 1 amide bonds. The minimum Gasteiger partial charge on any atom is -0.329 e. The summed E-state index contributed by atoms with van der Waals surface area (Å²) in [5, 5.41) is 4.98. The lowest BCUT2D eigenvalue weighted by atomic mass is 9.99. The molecule has 0 bridgehead atoms. The van der Waals surface area contributed by atoms with Gasteiger partial charge in [-0.3, -0.25) is 14.7 Å². The van der Waals surface area contributed by atoms with Gasteiger partial charge in [-0.2, -0.15) is 0 Å². The number of rotatable bonds is 3. The summed E-state index contributed by atoms with van der Waals surface area (Å²) in [4.78, 5) is 36.1. The number of piperidine rings is 1. The van der Waals surface area contributed by atoms with Crippen molar-refractivity contribution >= 4 is 22.9 Å². The predicted octanol–water partition coefficient (Wildman–Crippen LogP) is 2.72. The van der Waals surface area contributed by atoms with Crippen molar-refractivity contribution in [3.63, 3.8) is 0 Å². The number of carbonyl (C=O) groups is 1. The molecule has 3 aromatic heterocycles. The molecule has 1 unspecified atom stereocenters. The van der Waals surface area contributed by atoms with Gasteiger partial charge in [-0.05, 0) is 32.6 Å². The number of aryl methyl sites for hydroxylation is 1. The van der Waals surface area contributed by atoms with Crippen LogP contribution in [-0.4, -0.2) is 36.9 Å². The number of amides is 1. The lowest BCUT2D eigenvalue weighted by molar-refractivity contribution is 0.0600. The molecule has 0 aromatic carbocycles. The molecule has 1 saturated heterocycles. The number of likely N-dealkylation sites (tertiary alicyclic amines) is 1. The second kappa shape index (κ2) is 6.68. The molecule has 4 heterocycles. The number of hydrogen-bond donors (Lipinski definition) is 1. The van der Waals surface area contributed by atoms with Crippen molar-refractivity contribution in [3.8, 4) is 0 Å². The zero-order valence-corrected chi connectivity index (χ0v) is 15.7. The Morgan fingerprint density at radius 2 is 2.27 bits per heavy atom. The molecule has 7 nitrogen and oxygen atoms in total. The number of H-pyrrole nitrogens is 1. The minimum absolute atomic E-state index is 0.0552. The highest BCUT2D eigenvalue weighted by atomic mass is 32.1. The summed E-state index contributed by atoms with van der Waals surface area (Å²) in [5.74, 6) is -0.0552. The van der Waals surface area contributed by atoms with E-state index < -0.39 is 0 Å².